The molecule has 1 atom stereocenters. The molecule has 0 saturated carbocycles. The van der Waals surface area contributed by atoms with Crippen LogP contribution in [-0.4, -0.2) is 46.5 Å². The summed E-state index contributed by atoms with van der Waals surface area (Å²) in [6.45, 7) is 1.42. The maximum Gasteiger partial charge on any atom is 0.326 e. The first kappa shape index (κ1) is 17.3. The quantitative estimate of drug-likeness (QED) is 0.643. The Morgan fingerprint density at radius 3 is 2.35 bits per heavy atom. The van der Waals surface area contributed by atoms with E-state index in [0.717, 1.165) is 16.7 Å². The molecule has 1 fully saturated rings. The number of carbonyl (C=O) groups is 2. The number of ether oxygens (including phenoxy) is 2. The average Bonchev–Trinajstić information content (AvgIpc) is 2.80. The number of thioether (sulfide) groups is 1. The fraction of sp³-hybridized carbons (Fsp3) is 0.267. The summed E-state index contributed by atoms with van der Waals surface area (Å²) in [6.07, 6.45) is 1.64. The van der Waals surface area contributed by atoms with Crippen LogP contribution in [-0.2, 0) is 9.59 Å². The number of hydrogen-bond donors (Lipinski definition) is 1. The summed E-state index contributed by atoms with van der Waals surface area (Å²) in [5.74, 6) is -0.350. The molecule has 1 aliphatic heterocycles. The molecule has 122 valence electrons. The highest BCUT2D eigenvalue weighted by molar-refractivity contribution is 8.26. The molecule has 1 saturated heterocycles. The van der Waals surface area contributed by atoms with Crippen molar-refractivity contribution < 1.29 is 24.2 Å². The minimum atomic E-state index is -1.11. The molecule has 0 bridgehead atoms. The largest absolute Gasteiger partial charge is 0.497 e. The number of amides is 1. The second-order valence-corrected chi connectivity index (χ2v) is 6.39. The second kappa shape index (κ2) is 7.01. The van der Waals surface area contributed by atoms with Crippen molar-refractivity contribution in [3.63, 3.8) is 0 Å². The summed E-state index contributed by atoms with van der Waals surface area (Å²) >= 11 is 6.19. The molecule has 8 heteroatoms. The Morgan fingerprint density at radius 1 is 1.30 bits per heavy atom. The average molecular weight is 353 g/mol. The van der Waals surface area contributed by atoms with Crippen LogP contribution < -0.4 is 9.47 Å². The molecule has 0 aliphatic carbocycles. The summed E-state index contributed by atoms with van der Waals surface area (Å²) in [6, 6.07) is 4.20. The van der Waals surface area contributed by atoms with E-state index in [0.29, 0.717) is 22.0 Å². The molecule has 2 rings (SSSR count). The van der Waals surface area contributed by atoms with Crippen molar-refractivity contribution in [1.82, 2.24) is 4.90 Å². The van der Waals surface area contributed by atoms with Gasteiger partial charge in [-0.25, -0.2) is 4.79 Å². The van der Waals surface area contributed by atoms with E-state index < -0.39 is 17.9 Å². The fourth-order valence-corrected chi connectivity index (χ4v) is 3.41. The van der Waals surface area contributed by atoms with Gasteiger partial charge in [0.05, 0.1) is 19.1 Å². The summed E-state index contributed by atoms with van der Waals surface area (Å²) in [7, 11) is 3.07. The van der Waals surface area contributed by atoms with E-state index in [1.165, 1.54) is 21.1 Å². The summed E-state index contributed by atoms with van der Waals surface area (Å²) in [5.41, 5.74) is 0.699. The lowest BCUT2D eigenvalue weighted by molar-refractivity contribution is -0.144. The number of carboxylic acids is 1. The number of carbonyl (C=O) groups excluding carboxylic acids is 1. The molecule has 0 aromatic heterocycles. The monoisotopic (exact) mass is 353 g/mol. The van der Waals surface area contributed by atoms with E-state index in [4.69, 9.17) is 26.8 Å². The first-order valence-corrected chi connectivity index (χ1v) is 7.82. The zero-order valence-corrected chi connectivity index (χ0v) is 14.4. The number of hydrogen-bond acceptors (Lipinski definition) is 6. The first-order chi connectivity index (χ1) is 10.9. The lowest BCUT2D eigenvalue weighted by Crippen LogP contribution is -2.41. The van der Waals surface area contributed by atoms with Gasteiger partial charge in [-0.1, -0.05) is 24.0 Å². The van der Waals surface area contributed by atoms with Crippen LogP contribution in [0.2, 0.25) is 0 Å². The third-order valence-electron chi connectivity index (χ3n) is 3.24. The molecule has 1 N–H and O–H groups in total. The van der Waals surface area contributed by atoms with Crippen LogP contribution in [0.4, 0.5) is 0 Å². The van der Waals surface area contributed by atoms with Crippen molar-refractivity contribution in [2.75, 3.05) is 14.2 Å². The Labute approximate surface area is 143 Å². The van der Waals surface area contributed by atoms with E-state index in [1.807, 2.05) is 0 Å². The Bertz CT molecular complexity index is 679. The van der Waals surface area contributed by atoms with Crippen molar-refractivity contribution in [3.8, 4) is 11.5 Å². The van der Waals surface area contributed by atoms with E-state index >= 15 is 0 Å². The van der Waals surface area contributed by atoms with Gasteiger partial charge in [-0.05, 0) is 30.7 Å². The Kier molecular flexibility index (Phi) is 5.27. The summed E-state index contributed by atoms with van der Waals surface area (Å²) in [4.78, 5) is 25.0. The first-order valence-electron chi connectivity index (χ1n) is 6.60. The van der Waals surface area contributed by atoms with Gasteiger partial charge in [0.2, 0.25) is 0 Å². The van der Waals surface area contributed by atoms with Crippen molar-refractivity contribution in [2.24, 2.45) is 0 Å². The third-order valence-corrected chi connectivity index (χ3v) is 4.57. The molecule has 0 spiro atoms. The number of benzene rings is 1. The van der Waals surface area contributed by atoms with E-state index in [-0.39, 0.29) is 4.32 Å². The molecular weight excluding hydrogens is 338 g/mol. The third kappa shape index (κ3) is 3.65. The van der Waals surface area contributed by atoms with Crippen LogP contribution in [0, 0.1) is 0 Å². The topological polar surface area (TPSA) is 76.1 Å². The van der Waals surface area contributed by atoms with Gasteiger partial charge < -0.3 is 14.6 Å². The lowest BCUT2D eigenvalue weighted by Gasteiger charge is -2.18. The van der Waals surface area contributed by atoms with Gasteiger partial charge in [-0.3, -0.25) is 9.69 Å². The van der Waals surface area contributed by atoms with E-state index in [9.17, 15) is 9.59 Å². The molecular formula is C15H15NO5S2. The number of methoxy groups -OCH3 is 2. The highest BCUT2D eigenvalue weighted by Crippen LogP contribution is 2.35. The van der Waals surface area contributed by atoms with Crippen LogP contribution in [0.25, 0.3) is 6.08 Å². The molecule has 23 heavy (non-hydrogen) atoms. The number of carboxylic acid groups (broad SMARTS) is 1. The van der Waals surface area contributed by atoms with Crippen molar-refractivity contribution in [3.05, 3.63) is 28.7 Å². The molecule has 0 radical (unpaired) electrons. The zero-order chi connectivity index (χ0) is 17.1. The van der Waals surface area contributed by atoms with Crippen LogP contribution in [0.15, 0.2) is 23.1 Å². The van der Waals surface area contributed by atoms with Gasteiger partial charge in [0.15, 0.2) is 0 Å². The normalized spacial score (nSPS) is 17.5. The van der Waals surface area contributed by atoms with Gasteiger partial charge in [-0.15, -0.1) is 0 Å². The summed E-state index contributed by atoms with van der Waals surface area (Å²) < 4.78 is 10.6. The molecule has 1 aromatic rings. The summed E-state index contributed by atoms with van der Waals surface area (Å²) in [5, 5.41) is 9.08. The Balaban J connectivity index is 2.36. The standard InChI is InChI=1S/C15H15NO5S2/c1-8(14(18)19)16-13(17)12(23-15(16)22)6-9-4-10(20-2)7-11(5-9)21-3/h4-8H,1-3H3,(H,18,19)/b12-6-. The maximum atomic E-state index is 12.4. The molecule has 1 heterocycles. The van der Waals surface area contributed by atoms with Crippen molar-refractivity contribution >= 4 is 46.3 Å². The highest BCUT2D eigenvalue weighted by Gasteiger charge is 2.38. The molecule has 6 nitrogen and oxygen atoms in total. The van der Waals surface area contributed by atoms with Gasteiger partial charge in [0.1, 0.15) is 21.9 Å². The fourth-order valence-electron chi connectivity index (χ4n) is 1.99. The molecule has 1 aromatic carbocycles. The Hall–Kier alpha value is -2.06. The van der Waals surface area contributed by atoms with Gasteiger partial charge >= 0.3 is 5.97 Å². The maximum absolute atomic E-state index is 12.4. The SMILES string of the molecule is COc1cc(/C=C2\SC(=S)N(C(C)C(=O)O)C2=O)cc(OC)c1. The van der Waals surface area contributed by atoms with Gasteiger partial charge in [-0.2, -0.15) is 0 Å². The van der Waals surface area contributed by atoms with Crippen molar-refractivity contribution in [1.29, 1.82) is 0 Å². The van der Waals surface area contributed by atoms with Crippen LogP contribution >= 0.6 is 24.0 Å². The predicted molar refractivity (Wildman–Crippen MR) is 91.7 cm³/mol. The zero-order valence-electron chi connectivity index (χ0n) is 12.7. The number of rotatable bonds is 5. The smallest absolute Gasteiger partial charge is 0.326 e. The van der Waals surface area contributed by atoms with E-state index in [2.05, 4.69) is 0 Å². The van der Waals surface area contributed by atoms with Crippen LogP contribution in [0.5, 0.6) is 11.5 Å². The van der Waals surface area contributed by atoms with Crippen LogP contribution in [0.1, 0.15) is 12.5 Å². The molecule has 1 unspecified atom stereocenters. The highest BCUT2D eigenvalue weighted by atomic mass is 32.2. The minimum absolute atomic E-state index is 0.228. The second-order valence-electron chi connectivity index (χ2n) is 4.71. The Morgan fingerprint density at radius 2 is 1.87 bits per heavy atom. The van der Waals surface area contributed by atoms with Gasteiger partial charge in [0.25, 0.3) is 5.91 Å². The number of thiocarbonyl (C=S) groups is 1. The van der Waals surface area contributed by atoms with E-state index in [1.54, 1.807) is 24.3 Å². The molecule has 1 amide bonds. The number of nitrogens with zero attached hydrogens (tertiary/aromatic N) is 1. The predicted octanol–water partition coefficient (Wildman–Crippen LogP) is 2.38. The molecule has 1 aliphatic rings. The lowest BCUT2D eigenvalue weighted by atomic mass is 10.1. The van der Waals surface area contributed by atoms with Crippen molar-refractivity contribution in [2.45, 2.75) is 13.0 Å². The van der Waals surface area contributed by atoms with Gasteiger partial charge in [0, 0.05) is 6.07 Å². The number of aliphatic carboxylic acids is 1. The minimum Gasteiger partial charge on any atom is -0.497 e. The van der Waals surface area contributed by atoms with Crippen LogP contribution in [0.3, 0.4) is 0 Å².